The fourth-order valence-electron chi connectivity index (χ4n) is 3.50. The molecule has 0 atom stereocenters. The number of rotatable bonds is 10. The number of benzene rings is 2. The minimum Gasteiger partial charge on any atom is -0.464 e. The number of aromatic nitrogens is 1. The van der Waals surface area contributed by atoms with Crippen molar-refractivity contribution in [2.75, 3.05) is 31.3 Å². The minimum absolute atomic E-state index is 0. The van der Waals surface area contributed by atoms with Gasteiger partial charge in [0.1, 0.15) is 6.61 Å². The molecule has 0 bridgehead atoms. The van der Waals surface area contributed by atoms with Crippen LogP contribution < -0.4 is 10.6 Å². The van der Waals surface area contributed by atoms with Gasteiger partial charge in [-0.15, -0.1) is 12.4 Å². The van der Waals surface area contributed by atoms with E-state index in [4.69, 9.17) is 16.3 Å². The van der Waals surface area contributed by atoms with Crippen molar-refractivity contribution in [3.8, 4) is 0 Å². The van der Waals surface area contributed by atoms with Gasteiger partial charge in [0.05, 0.1) is 11.2 Å². The highest BCUT2D eigenvalue weighted by molar-refractivity contribution is 8.00. The van der Waals surface area contributed by atoms with Gasteiger partial charge in [-0.25, -0.2) is 4.79 Å². The quantitative estimate of drug-likeness (QED) is 0.176. The van der Waals surface area contributed by atoms with Gasteiger partial charge in [0.2, 0.25) is 5.91 Å². The molecule has 0 unspecified atom stereocenters. The monoisotopic (exact) mass is 634 g/mol. The van der Waals surface area contributed by atoms with E-state index < -0.39 is 17.5 Å². The molecule has 0 aliphatic rings. The van der Waals surface area contributed by atoms with Crippen molar-refractivity contribution in [3.63, 3.8) is 0 Å². The maximum absolute atomic E-state index is 13.0. The number of anilines is 2. The Bertz CT molecular complexity index is 1380. The summed E-state index contributed by atoms with van der Waals surface area (Å²) in [6, 6.07) is 9.39. The molecule has 0 fully saturated rings. The van der Waals surface area contributed by atoms with Crippen LogP contribution >= 0.6 is 35.8 Å². The fourth-order valence-corrected chi connectivity index (χ4v) is 4.21. The molecule has 2 aromatic carbocycles. The zero-order chi connectivity index (χ0) is 29.7. The van der Waals surface area contributed by atoms with Crippen LogP contribution in [0.5, 0.6) is 0 Å². The molecule has 2 N–H and O–H groups in total. The summed E-state index contributed by atoms with van der Waals surface area (Å²) in [7, 11) is 3.79. The normalized spacial score (nSPS) is 11.7. The lowest BCUT2D eigenvalue weighted by Gasteiger charge is -2.31. The van der Waals surface area contributed by atoms with E-state index in [-0.39, 0.29) is 72.1 Å². The van der Waals surface area contributed by atoms with Gasteiger partial charge in [0, 0.05) is 45.6 Å². The second-order valence-corrected chi connectivity index (χ2v) is 11.4. The molecule has 8 nitrogen and oxygen atoms in total. The van der Waals surface area contributed by atoms with E-state index in [2.05, 4.69) is 10.6 Å². The van der Waals surface area contributed by atoms with E-state index in [0.29, 0.717) is 21.6 Å². The number of alkyl halides is 3. The highest BCUT2D eigenvalue weighted by Crippen LogP contribution is 2.37. The van der Waals surface area contributed by atoms with Crippen LogP contribution in [-0.4, -0.2) is 59.1 Å². The Morgan fingerprint density at radius 1 is 1.02 bits per heavy atom. The smallest absolute Gasteiger partial charge is 0.446 e. The molecule has 224 valence electrons. The zero-order valence-corrected chi connectivity index (χ0v) is 25.2. The molecule has 1 aromatic heterocycles. The number of carbonyl (C=O) groups excluding carboxylic acids is 3. The average Bonchev–Trinajstić information content (AvgIpc) is 3.20. The number of hydrogen-bond donors (Lipinski definition) is 2. The third-order valence-electron chi connectivity index (χ3n) is 6.20. The van der Waals surface area contributed by atoms with Gasteiger partial charge < -0.3 is 20.3 Å². The maximum Gasteiger partial charge on any atom is 0.446 e. The number of fused-ring (bicyclic) bond motifs is 1. The van der Waals surface area contributed by atoms with Gasteiger partial charge >= 0.3 is 17.5 Å². The molecular formula is C27H31Cl2F3N4O4S. The van der Waals surface area contributed by atoms with Crippen LogP contribution in [0.1, 0.15) is 37.9 Å². The fraction of sp³-hybridized carbons (Fsp3) is 0.370. The molecule has 0 saturated heterocycles. The first-order valence-corrected chi connectivity index (χ1v) is 13.4. The van der Waals surface area contributed by atoms with Gasteiger partial charge in [0.15, 0.2) is 0 Å². The van der Waals surface area contributed by atoms with Gasteiger partial charge in [-0.2, -0.15) is 13.2 Å². The number of hydrogen-bond acceptors (Lipinski definition) is 6. The molecule has 0 saturated carbocycles. The second kappa shape index (κ2) is 14.3. The first-order valence-electron chi connectivity index (χ1n) is 12.3. The molecule has 0 aliphatic carbocycles. The Labute approximate surface area is 251 Å². The van der Waals surface area contributed by atoms with E-state index in [1.165, 1.54) is 35.0 Å². The second-order valence-electron chi connectivity index (χ2n) is 9.84. The third-order valence-corrected chi connectivity index (χ3v) is 7.17. The van der Waals surface area contributed by atoms with Crippen LogP contribution in [-0.2, 0) is 9.53 Å². The third kappa shape index (κ3) is 10.1. The number of nitrogens with one attached hydrogen (secondary N) is 2. The number of urea groups is 1. The first-order chi connectivity index (χ1) is 18.6. The Morgan fingerprint density at radius 3 is 2.29 bits per heavy atom. The van der Waals surface area contributed by atoms with Crippen LogP contribution in [0.3, 0.4) is 0 Å². The van der Waals surface area contributed by atoms with E-state index in [0.717, 1.165) is 0 Å². The van der Waals surface area contributed by atoms with E-state index in [1.54, 1.807) is 18.2 Å². The van der Waals surface area contributed by atoms with Crippen LogP contribution in [0.15, 0.2) is 53.6 Å². The number of carbonyl (C=O) groups is 3. The topological polar surface area (TPSA) is 92.7 Å². The summed E-state index contributed by atoms with van der Waals surface area (Å²) in [5.41, 5.74) is -3.64. The Kier molecular flexibility index (Phi) is 12.0. The Balaban J connectivity index is 0.00000588. The predicted octanol–water partition coefficient (Wildman–Crippen LogP) is 7.67. The standard InChI is InChI=1S/C27H30ClF3N4O4S.ClH/c1-26(2,34(3)4)16-39-24(37)7-5-6-23(36)35-15-21(20-14-17(28)8-13-22(20)35)33-25(38)32-18-9-11-19(12-10-18)40-27(29,30)31;/h8-15H,5-7,16H2,1-4H3,(H2,32,33,38);1H. The van der Waals surface area contributed by atoms with Crippen LogP contribution in [0.25, 0.3) is 10.9 Å². The van der Waals surface area contributed by atoms with Gasteiger partial charge in [-0.05, 0) is 88.6 Å². The zero-order valence-electron chi connectivity index (χ0n) is 22.8. The summed E-state index contributed by atoms with van der Waals surface area (Å²) in [5.74, 6) is -0.684. The van der Waals surface area contributed by atoms with Crippen molar-refractivity contribution >= 4 is 76.0 Å². The molecule has 3 aromatic rings. The summed E-state index contributed by atoms with van der Waals surface area (Å²) < 4.78 is 44.3. The van der Waals surface area contributed by atoms with E-state index in [1.807, 2.05) is 32.8 Å². The summed E-state index contributed by atoms with van der Waals surface area (Å²) in [5, 5.41) is 6.11. The maximum atomic E-state index is 13.0. The SMILES string of the molecule is CN(C)C(C)(C)COC(=O)CCCC(=O)n1cc(NC(=O)Nc2ccc(SC(F)(F)F)cc2)c2cc(Cl)ccc21.Cl. The lowest BCUT2D eigenvalue weighted by atomic mass is 10.1. The summed E-state index contributed by atoms with van der Waals surface area (Å²) in [4.78, 5) is 39.7. The number of amides is 2. The van der Waals surface area contributed by atoms with E-state index in [9.17, 15) is 27.6 Å². The first kappa shape index (κ1) is 34.3. The average molecular weight is 636 g/mol. The number of halogens is 5. The molecule has 1 heterocycles. The molecule has 3 rings (SSSR count). The predicted molar refractivity (Wildman–Crippen MR) is 158 cm³/mol. The van der Waals surface area contributed by atoms with Crippen LogP contribution in [0.2, 0.25) is 5.02 Å². The van der Waals surface area contributed by atoms with Gasteiger partial charge in [-0.1, -0.05) is 11.6 Å². The largest absolute Gasteiger partial charge is 0.464 e. The number of likely N-dealkylation sites (N-methyl/N-ethyl adjacent to an activating group) is 1. The molecule has 0 aliphatic heterocycles. The molecular weight excluding hydrogens is 604 g/mol. The highest BCUT2D eigenvalue weighted by Gasteiger charge is 2.29. The van der Waals surface area contributed by atoms with Crippen molar-refractivity contribution < 1.29 is 32.3 Å². The Morgan fingerprint density at radius 2 is 1.68 bits per heavy atom. The van der Waals surface area contributed by atoms with Crippen molar-refractivity contribution in [1.29, 1.82) is 0 Å². The van der Waals surface area contributed by atoms with Gasteiger partial charge in [0.25, 0.3) is 0 Å². The van der Waals surface area contributed by atoms with Crippen molar-refractivity contribution in [1.82, 2.24) is 9.47 Å². The number of ether oxygens (including phenoxy) is 1. The lowest BCUT2D eigenvalue weighted by Crippen LogP contribution is -2.43. The molecule has 0 radical (unpaired) electrons. The van der Waals surface area contributed by atoms with E-state index >= 15 is 0 Å². The molecule has 2 amide bonds. The summed E-state index contributed by atoms with van der Waals surface area (Å²) in [6.45, 7) is 4.13. The lowest BCUT2D eigenvalue weighted by molar-refractivity contribution is -0.147. The van der Waals surface area contributed by atoms with Gasteiger partial charge in [-0.3, -0.25) is 14.2 Å². The van der Waals surface area contributed by atoms with Crippen LogP contribution in [0, 0.1) is 0 Å². The highest BCUT2D eigenvalue weighted by atomic mass is 35.5. The van der Waals surface area contributed by atoms with Crippen molar-refractivity contribution in [3.05, 3.63) is 53.7 Å². The molecule has 14 heteroatoms. The number of nitrogens with zero attached hydrogens (tertiary/aromatic N) is 2. The summed E-state index contributed by atoms with van der Waals surface area (Å²) >= 11 is 5.89. The Hall–Kier alpha value is -2.93. The van der Waals surface area contributed by atoms with Crippen LogP contribution in [0.4, 0.5) is 29.3 Å². The van der Waals surface area contributed by atoms with Crippen molar-refractivity contribution in [2.24, 2.45) is 0 Å². The van der Waals surface area contributed by atoms with Crippen molar-refractivity contribution in [2.45, 2.75) is 49.1 Å². The summed E-state index contributed by atoms with van der Waals surface area (Å²) in [6.07, 6.45) is 1.88. The molecule has 0 spiro atoms. The minimum atomic E-state index is -4.41. The number of thioether (sulfide) groups is 1. The number of esters is 1. The molecule has 41 heavy (non-hydrogen) atoms.